The lowest BCUT2D eigenvalue weighted by atomic mass is 9.63. The molecule has 0 aliphatic heterocycles. The molecule has 0 heterocycles. The second-order valence-corrected chi connectivity index (χ2v) is 8.35. The highest BCUT2D eigenvalue weighted by Gasteiger charge is 2.37. The van der Waals surface area contributed by atoms with Crippen LogP contribution in [0.3, 0.4) is 0 Å². The highest BCUT2D eigenvalue weighted by molar-refractivity contribution is 6.04. The van der Waals surface area contributed by atoms with Crippen LogP contribution in [-0.2, 0) is 10.8 Å². The van der Waals surface area contributed by atoms with Crippen molar-refractivity contribution in [1.29, 1.82) is 0 Å². The van der Waals surface area contributed by atoms with Gasteiger partial charge in [-0.3, -0.25) is 9.59 Å². The number of benzene rings is 1. The van der Waals surface area contributed by atoms with Gasteiger partial charge < -0.3 is 10.4 Å². The van der Waals surface area contributed by atoms with Crippen LogP contribution >= 0.6 is 0 Å². The third-order valence-electron chi connectivity index (χ3n) is 5.46. The minimum absolute atomic E-state index is 0.0313. The summed E-state index contributed by atoms with van der Waals surface area (Å²) in [5.41, 5.74) is 3.23. The van der Waals surface area contributed by atoms with Gasteiger partial charge >= 0.3 is 0 Å². The smallest absolute Gasteiger partial charge is 0.255 e. The summed E-state index contributed by atoms with van der Waals surface area (Å²) in [6, 6.07) is 11.4. The third-order valence-corrected chi connectivity index (χ3v) is 5.46. The Balaban J connectivity index is 1.94. The quantitative estimate of drug-likeness (QED) is 0.845. The summed E-state index contributed by atoms with van der Waals surface area (Å²) >= 11 is 0. The Hall–Kier alpha value is -2.62. The first kappa shape index (κ1) is 18.2. The summed E-state index contributed by atoms with van der Waals surface area (Å²) in [6.07, 6.45) is 2.21. The van der Waals surface area contributed by atoms with Gasteiger partial charge in [0.2, 0.25) is 5.43 Å². The molecule has 2 N–H and O–H groups in total. The predicted octanol–water partition coefficient (Wildman–Crippen LogP) is 4.35. The van der Waals surface area contributed by atoms with Gasteiger partial charge in [0.25, 0.3) is 5.91 Å². The van der Waals surface area contributed by atoms with Gasteiger partial charge in [-0.15, -0.1) is 0 Å². The van der Waals surface area contributed by atoms with Crippen LogP contribution < -0.4 is 10.7 Å². The van der Waals surface area contributed by atoms with E-state index in [2.05, 4.69) is 39.1 Å². The van der Waals surface area contributed by atoms with Crippen molar-refractivity contribution in [1.82, 2.24) is 0 Å². The normalized spacial score (nSPS) is 17.2. The summed E-state index contributed by atoms with van der Waals surface area (Å²) in [7, 11) is 0. The molecule has 0 bridgehead atoms. The lowest BCUT2D eigenvalue weighted by Gasteiger charge is -2.42. The van der Waals surface area contributed by atoms with Crippen molar-refractivity contribution in [2.75, 3.05) is 5.32 Å². The van der Waals surface area contributed by atoms with Gasteiger partial charge in [0, 0.05) is 11.3 Å². The van der Waals surface area contributed by atoms with E-state index in [1.165, 1.54) is 35.4 Å². The number of fused-ring (bicyclic) bond motifs is 1. The largest absolute Gasteiger partial charge is 0.504 e. The Morgan fingerprint density at radius 2 is 1.54 bits per heavy atom. The SMILES string of the molecule is CC1(C)CCC(C)(C)c2cc(C(=O)Nc3ccc(O)c(=O)cc3)ccc21. The third kappa shape index (κ3) is 3.36. The fraction of sp³-hybridized carbons (Fsp3) is 0.364. The Kier molecular flexibility index (Phi) is 4.39. The second kappa shape index (κ2) is 6.27. The van der Waals surface area contributed by atoms with Crippen LogP contribution in [0.4, 0.5) is 5.69 Å². The molecule has 0 unspecified atom stereocenters. The van der Waals surface area contributed by atoms with E-state index in [9.17, 15) is 14.7 Å². The Bertz CT molecular complexity index is 929. The number of aromatic hydroxyl groups is 1. The van der Waals surface area contributed by atoms with E-state index in [1.54, 1.807) is 0 Å². The molecule has 0 saturated carbocycles. The first-order valence-electron chi connectivity index (χ1n) is 8.90. The van der Waals surface area contributed by atoms with Gasteiger partial charge in [-0.1, -0.05) is 33.8 Å². The van der Waals surface area contributed by atoms with Crippen LogP contribution in [-0.4, -0.2) is 11.0 Å². The van der Waals surface area contributed by atoms with Crippen LogP contribution in [0, 0.1) is 0 Å². The fourth-order valence-electron chi connectivity index (χ4n) is 3.57. The van der Waals surface area contributed by atoms with Crippen molar-refractivity contribution in [3.8, 4) is 5.75 Å². The molecule has 1 aliphatic rings. The van der Waals surface area contributed by atoms with E-state index >= 15 is 0 Å². The monoisotopic (exact) mass is 351 g/mol. The number of rotatable bonds is 2. The maximum absolute atomic E-state index is 12.7. The zero-order chi connectivity index (χ0) is 19.1. The van der Waals surface area contributed by atoms with E-state index < -0.39 is 5.43 Å². The van der Waals surface area contributed by atoms with Crippen molar-refractivity contribution >= 4 is 11.6 Å². The molecule has 0 radical (unpaired) electrons. The molecule has 3 rings (SSSR count). The van der Waals surface area contributed by atoms with E-state index in [0.29, 0.717) is 11.3 Å². The van der Waals surface area contributed by atoms with Crippen LogP contribution in [0.1, 0.15) is 62.0 Å². The standard InChI is InChI=1S/C22H25NO3/c1-21(2)11-12-22(3,4)17-13-14(5-8-16(17)21)20(26)23-15-6-9-18(24)19(25)10-7-15/h5-10,13H,11-12H2,1-4H3,(H,23,26)(H,24,25). The molecule has 2 aromatic carbocycles. The summed E-state index contributed by atoms with van der Waals surface area (Å²) in [4.78, 5) is 24.1. The highest BCUT2D eigenvalue weighted by Crippen LogP contribution is 2.45. The second-order valence-electron chi connectivity index (χ2n) is 8.35. The number of hydrogen-bond acceptors (Lipinski definition) is 3. The molecule has 4 heteroatoms. The first-order chi connectivity index (χ1) is 12.1. The van der Waals surface area contributed by atoms with Crippen LogP contribution in [0.15, 0.2) is 47.3 Å². The Morgan fingerprint density at radius 1 is 0.923 bits per heavy atom. The minimum atomic E-state index is -0.483. The predicted molar refractivity (Wildman–Crippen MR) is 104 cm³/mol. The van der Waals surface area contributed by atoms with Crippen molar-refractivity contribution in [3.05, 3.63) is 69.4 Å². The molecular formula is C22H25NO3. The van der Waals surface area contributed by atoms with Crippen molar-refractivity contribution in [3.63, 3.8) is 0 Å². The lowest BCUT2D eigenvalue weighted by molar-refractivity contribution is 0.102. The maximum Gasteiger partial charge on any atom is 0.255 e. The van der Waals surface area contributed by atoms with E-state index in [4.69, 9.17) is 0 Å². The topological polar surface area (TPSA) is 66.4 Å². The fourth-order valence-corrected chi connectivity index (χ4v) is 3.57. The molecule has 1 aliphatic carbocycles. The molecule has 0 fully saturated rings. The molecule has 2 aromatic rings. The number of carbonyl (C=O) groups excluding carboxylic acids is 1. The van der Waals surface area contributed by atoms with E-state index in [1.807, 2.05) is 12.1 Å². The maximum atomic E-state index is 12.7. The molecule has 26 heavy (non-hydrogen) atoms. The molecule has 0 saturated heterocycles. The minimum Gasteiger partial charge on any atom is -0.504 e. The van der Waals surface area contributed by atoms with Gasteiger partial charge in [0.1, 0.15) is 0 Å². The molecule has 4 nitrogen and oxygen atoms in total. The number of nitrogens with one attached hydrogen (secondary N) is 1. The van der Waals surface area contributed by atoms with Crippen molar-refractivity contribution in [2.24, 2.45) is 0 Å². The van der Waals surface area contributed by atoms with E-state index in [0.717, 1.165) is 12.8 Å². The number of anilines is 1. The van der Waals surface area contributed by atoms with Crippen molar-refractivity contribution in [2.45, 2.75) is 51.4 Å². The number of hydrogen-bond donors (Lipinski definition) is 2. The van der Waals surface area contributed by atoms with Gasteiger partial charge in [-0.05, 0) is 71.2 Å². The zero-order valence-electron chi connectivity index (χ0n) is 15.7. The highest BCUT2D eigenvalue weighted by atomic mass is 16.3. The Morgan fingerprint density at radius 3 is 2.23 bits per heavy atom. The average Bonchev–Trinajstić information content (AvgIpc) is 2.74. The molecule has 0 atom stereocenters. The van der Waals surface area contributed by atoms with Gasteiger partial charge in [0.05, 0.1) is 0 Å². The average molecular weight is 351 g/mol. The van der Waals surface area contributed by atoms with Crippen LogP contribution in [0.2, 0.25) is 0 Å². The molecule has 0 aromatic heterocycles. The Labute approximate surface area is 153 Å². The molecule has 0 spiro atoms. The van der Waals surface area contributed by atoms with Gasteiger partial charge in [-0.2, -0.15) is 0 Å². The molecule has 136 valence electrons. The molecule has 1 amide bonds. The number of amides is 1. The van der Waals surface area contributed by atoms with Gasteiger partial charge in [-0.25, -0.2) is 0 Å². The van der Waals surface area contributed by atoms with E-state index in [-0.39, 0.29) is 22.5 Å². The zero-order valence-corrected chi connectivity index (χ0v) is 15.7. The van der Waals surface area contributed by atoms with Crippen molar-refractivity contribution < 1.29 is 9.90 Å². The lowest BCUT2D eigenvalue weighted by Crippen LogP contribution is -2.34. The first-order valence-corrected chi connectivity index (χ1v) is 8.90. The van der Waals surface area contributed by atoms with Crippen LogP contribution in [0.5, 0.6) is 5.75 Å². The number of carbonyl (C=O) groups is 1. The summed E-state index contributed by atoms with van der Waals surface area (Å²) < 4.78 is 0. The summed E-state index contributed by atoms with van der Waals surface area (Å²) in [6.45, 7) is 8.94. The van der Waals surface area contributed by atoms with Crippen LogP contribution in [0.25, 0.3) is 0 Å². The molecular weight excluding hydrogens is 326 g/mol. The summed E-state index contributed by atoms with van der Waals surface area (Å²) in [5, 5.41) is 12.3. The summed E-state index contributed by atoms with van der Waals surface area (Å²) in [5.74, 6) is -0.576. The van der Waals surface area contributed by atoms with Gasteiger partial charge in [0.15, 0.2) is 5.75 Å².